The first-order chi connectivity index (χ1) is 8.59. The Morgan fingerprint density at radius 3 is 2.94 bits per heavy atom. The van der Waals surface area contributed by atoms with Crippen molar-refractivity contribution in [2.24, 2.45) is 5.92 Å². The Morgan fingerprint density at radius 2 is 2.28 bits per heavy atom. The standard InChI is InChI=1S/C14H19BrClNO/c1-9-6-12(13(15)10(2)14(9)16)18-8-11-4-3-5-17-7-11/h6,11,17H,3-5,7-8H2,1-2H3/t11-/m1/s1. The van der Waals surface area contributed by atoms with E-state index in [1.807, 2.05) is 19.9 Å². The van der Waals surface area contributed by atoms with Crippen LogP contribution in [-0.2, 0) is 0 Å². The molecule has 1 N–H and O–H groups in total. The SMILES string of the molecule is Cc1cc(OC[C@@H]2CCCNC2)c(Br)c(C)c1Cl. The minimum absolute atomic E-state index is 0.613. The smallest absolute Gasteiger partial charge is 0.134 e. The molecule has 0 bridgehead atoms. The molecule has 0 aliphatic carbocycles. The van der Waals surface area contributed by atoms with Gasteiger partial charge in [-0.3, -0.25) is 0 Å². The van der Waals surface area contributed by atoms with Crippen molar-refractivity contribution in [3.63, 3.8) is 0 Å². The highest BCUT2D eigenvalue weighted by molar-refractivity contribution is 9.10. The highest BCUT2D eigenvalue weighted by Gasteiger charge is 2.16. The number of benzene rings is 1. The molecule has 1 fully saturated rings. The zero-order valence-electron chi connectivity index (χ0n) is 10.9. The van der Waals surface area contributed by atoms with Crippen molar-refractivity contribution in [1.82, 2.24) is 5.32 Å². The Morgan fingerprint density at radius 1 is 1.50 bits per heavy atom. The van der Waals surface area contributed by atoms with Crippen LogP contribution in [0.2, 0.25) is 5.02 Å². The molecule has 1 aromatic rings. The monoisotopic (exact) mass is 331 g/mol. The molecule has 1 atom stereocenters. The molecule has 1 saturated heterocycles. The summed E-state index contributed by atoms with van der Waals surface area (Å²) >= 11 is 9.77. The maximum atomic E-state index is 6.21. The summed E-state index contributed by atoms with van der Waals surface area (Å²) < 4.78 is 6.92. The molecule has 2 nitrogen and oxygen atoms in total. The van der Waals surface area contributed by atoms with Gasteiger partial charge in [0.25, 0.3) is 0 Å². The third kappa shape index (κ3) is 3.19. The highest BCUT2D eigenvalue weighted by Crippen LogP contribution is 2.36. The van der Waals surface area contributed by atoms with E-state index in [0.717, 1.165) is 46.1 Å². The molecule has 0 aromatic heterocycles. The minimum Gasteiger partial charge on any atom is -0.492 e. The predicted octanol–water partition coefficient (Wildman–Crippen LogP) is 4.10. The summed E-state index contributed by atoms with van der Waals surface area (Å²) in [6.07, 6.45) is 2.49. The van der Waals surface area contributed by atoms with E-state index < -0.39 is 0 Å². The number of halogens is 2. The normalized spacial score (nSPS) is 19.9. The predicted molar refractivity (Wildman–Crippen MR) is 79.7 cm³/mol. The Kier molecular flexibility index (Phi) is 4.93. The number of ether oxygens (including phenoxy) is 1. The molecule has 0 radical (unpaired) electrons. The van der Waals surface area contributed by atoms with Crippen LogP contribution < -0.4 is 10.1 Å². The van der Waals surface area contributed by atoms with Crippen molar-refractivity contribution in [2.75, 3.05) is 19.7 Å². The quantitative estimate of drug-likeness (QED) is 0.900. The molecule has 0 spiro atoms. The summed E-state index contributed by atoms with van der Waals surface area (Å²) in [5.74, 6) is 1.52. The van der Waals surface area contributed by atoms with E-state index in [0.29, 0.717) is 5.92 Å². The number of piperidine rings is 1. The molecular formula is C14H19BrClNO. The second kappa shape index (κ2) is 6.27. The fourth-order valence-electron chi connectivity index (χ4n) is 2.28. The van der Waals surface area contributed by atoms with Crippen molar-refractivity contribution in [3.8, 4) is 5.75 Å². The van der Waals surface area contributed by atoms with Crippen molar-refractivity contribution < 1.29 is 4.74 Å². The van der Waals surface area contributed by atoms with Crippen LogP contribution >= 0.6 is 27.5 Å². The first-order valence-electron chi connectivity index (χ1n) is 6.38. The van der Waals surface area contributed by atoms with Gasteiger partial charge in [-0.05, 0) is 66.4 Å². The van der Waals surface area contributed by atoms with E-state index in [2.05, 4.69) is 21.2 Å². The molecule has 100 valence electrons. The summed E-state index contributed by atoms with van der Waals surface area (Å²) in [5.41, 5.74) is 2.11. The van der Waals surface area contributed by atoms with E-state index in [1.54, 1.807) is 0 Å². The van der Waals surface area contributed by atoms with E-state index in [-0.39, 0.29) is 0 Å². The van der Waals surface area contributed by atoms with Gasteiger partial charge in [0, 0.05) is 17.5 Å². The van der Waals surface area contributed by atoms with Crippen LogP contribution in [-0.4, -0.2) is 19.7 Å². The molecule has 1 heterocycles. The van der Waals surface area contributed by atoms with Gasteiger partial charge in [0.05, 0.1) is 11.1 Å². The van der Waals surface area contributed by atoms with Gasteiger partial charge in [0.15, 0.2) is 0 Å². The van der Waals surface area contributed by atoms with Crippen molar-refractivity contribution in [3.05, 3.63) is 26.7 Å². The van der Waals surface area contributed by atoms with Crippen LogP contribution in [0, 0.1) is 19.8 Å². The Labute approximate surface area is 122 Å². The topological polar surface area (TPSA) is 21.3 Å². The first-order valence-corrected chi connectivity index (χ1v) is 7.55. The Bertz CT molecular complexity index is 430. The number of aryl methyl sites for hydroxylation is 1. The number of hydrogen-bond donors (Lipinski definition) is 1. The van der Waals surface area contributed by atoms with Gasteiger partial charge >= 0.3 is 0 Å². The lowest BCUT2D eigenvalue weighted by molar-refractivity contribution is 0.217. The van der Waals surface area contributed by atoms with Crippen LogP contribution in [0.15, 0.2) is 10.5 Å². The van der Waals surface area contributed by atoms with Crippen molar-refractivity contribution >= 4 is 27.5 Å². The zero-order chi connectivity index (χ0) is 13.1. The second-order valence-corrected chi connectivity index (χ2v) is 6.14. The summed E-state index contributed by atoms with van der Waals surface area (Å²) in [6, 6.07) is 2.01. The lowest BCUT2D eigenvalue weighted by Crippen LogP contribution is -2.33. The largest absolute Gasteiger partial charge is 0.492 e. The molecule has 4 heteroatoms. The fourth-order valence-corrected chi connectivity index (χ4v) is 2.97. The average Bonchev–Trinajstić information content (AvgIpc) is 2.40. The minimum atomic E-state index is 0.613. The molecule has 18 heavy (non-hydrogen) atoms. The summed E-state index contributed by atoms with van der Waals surface area (Å²) in [7, 11) is 0. The fraction of sp³-hybridized carbons (Fsp3) is 0.571. The summed E-state index contributed by atoms with van der Waals surface area (Å²) in [6.45, 7) is 6.99. The van der Waals surface area contributed by atoms with Crippen molar-refractivity contribution in [2.45, 2.75) is 26.7 Å². The third-order valence-electron chi connectivity index (χ3n) is 3.44. The molecular weight excluding hydrogens is 314 g/mol. The Balaban J connectivity index is 2.05. The second-order valence-electron chi connectivity index (χ2n) is 4.97. The van der Waals surface area contributed by atoms with Gasteiger partial charge in [-0.25, -0.2) is 0 Å². The summed E-state index contributed by atoms with van der Waals surface area (Å²) in [5, 5.41) is 4.22. The van der Waals surface area contributed by atoms with Crippen LogP contribution in [0.25, 0.3) is 0 Å². The molecule has 1 aromatic carbocycles. The molecule has 0 saturated carbocycles. The van der Waals surface area contributed by atoms with Gasteiger partial charge in [-0.15, -0.1) is 0 Å². The summed E-state index contributed by atoms with van der Waals surface area (Å²) in [4.78, 5) is 0. The van der Waals surface area contributed by atoms with Crippen LogP contribution in [0.3, 0.4) is 0 Å². The van der Waals surface area contributed by atoms with E-state index in [9.17, 15) is 0 Å². The first kappa shape index (κ1) is 14.2. The van der Waals surface area contributed by atoms with Gasteiger partial charge in [0.2, 0.25) is 0 Å². The van der Waals surface area contributed by atoms with Gasteiger partial charge in [-0.1, -0.05) is 11.6 Å². The third-order valence-corrected chi connectivity index (χ3v) is 5.01. The molecule has 0 unspecified atom stereocenters. The maximum absolute atomic E-state index is 6.21. The van der Waals surface area contributed by atoms with Gasteiger partial charge < -0.3 is 10.1 Å². The number of hydrogen-bond acceptors (Lipinski definition) is 2. The van der Waals surface area contributed by atoms with Crippen LogP contribution in [0.1, 0.15) is 24.0 Å². The van der Waals surface area contributed by atoms with E-state index in [4.69, 9.17) is 16.3 Å². The van der Waals surface area contributed by atoms with Crippen molar-refractivity contribution in [1.29, 1.82) is 0 Å². The highest BCUT2D eigenvalue weighted by atomic mass is 79.9. The average molecular weight is 333 g/mol. The van der Waals surface area contributed by atoms with Gasteiger partial charge in [-0.2, -0.15) is 0 Å². The molecule has 2 rings (SSSR count). The van der Waals surface area contributed by atoms with Gasteiger partial charge in [0.1, 0.15) is 5.75 Å². The number of rotatable bonds is 3. The molecule has 1 aliphatic heterocycles. The molecule has 1 aliphatic rings. The zero-order valence-corrected chi connectivity index (χ0v) is 13.2. The maximum Gasteiger partial charge on any atom is 0.134 e. The van der Waals surface area contributed by atoms with E-state index >= 15 is 0 Å². The number of nitrogens with one attached hydrogen (secondary N) is 1. The van der Waals surface area contributed by atoms with Crippen LogP contribution in [0.5, 0.6) is 5.75 Å². The Hall–Kier alpha value is -0.250. The van der Waals surface area contributed by atoms with E-state index in [1.165, 1.54) is 12.8 Å². The lowest BCUT2D eigenvalue weighted by Gasteiger charge is -2.23. The van der Waals surface area contributed by atoms with Crippen LogP contribution in [0.4, 0.5) is 0 Å². The molecule has 0 amide bonds. The lowest BCUT2D eigenvalue weighted by atomic mass is 10.0.